The van der Waals surface area contributed by atoms with Gasteiger partial charge in [-0.25, -0.2) is 9.59 Å². The fourth-order valence-electron chi connectivity index (χ4n) is 3.12. The van der Waals surface area contributed by atoms with Crippen LogP contribution >= 0.6 is 0 Å². The number of carbonyl (C=O) groups is 3. The molecule has 0 fully saturated rings. The Morgan fingerprint density at radius 1 is 0.917 bits per heavy atom. The molecule has 0 spiro atoms. The number of rotatable bonds is 10. The average Bonchev–Trinajstić information content (AvgIpc) is 2.81. The summed E-state index contributed by atoms with van der Waals surface area (Å²) in [6.45, 7) is 5.72. The van der Waals surface area contributed by atoms with Gasteiger partial charge >= 0.3 is 28.2 Å². The lowest BCUT2D eigenvalue weighted by Crippen LogP contribution is -2.56. The van der Waals surface area contributed by atoms with Crippen LogP contribution in [0.3, 0.4) is 0 Å². The first-order chi connectivity index (χ1) is 16.8. The van der Waals surface area contributed by atoms with Crippen LogP contribution < -0.4 is 4.72 Å². The number of hydrogen-bond acceptors (Lipinski definition) is 8. The Morgan fingerprint density at radius 3 is 1.94 bits per heavy atom. The summed E-state index contributed by atoms with van der Waals surface area (Å²) in [7, 11) is -3.67. The minimum absolute atomic E-state index is 0.0538. The number of esters is 2. The molecule has 0 bridgehead atoms. The first-order valence-electron chi connectivity index (χ1n) is 11.2. The smallest absolute Gasteiger partial charge is 0.425 e. The zero-order chi connectivity index (χ0) is 26.9. The van der Waals surface area contributed by atoms with E-state index in [0.717, 1.165) is 7.11 Å². The molecule has 0 saturated carbocycles. The number of amides is 1. The lowest BCUT2D eigenvalue weighted by molar-refractivity contribution is -0.149. The molecule has 0 radical (unpaired) electrons. The summed E-state index contributed by atoms with van der Waals surface area (Å²) < 4.78 is 44.5. The molecule has 0 aromatic heterocycles. The standard InChI is InChI=1S/C25H32N2O8S/c1-18(22(28)34-17-20-14-10-7-11-15-20)27(24(30)35-25(2,3)4)36(31,32)26-21(23(29)33-5)16-19-12-8-6-9-13-19/h6-15,18,21,26H,16-17H2,1-5H3/t18-,21+/m1/s1. The van der Waals surface area contributed by atoms with E-state index in [-0.39, 0.29) is 17.3 Å². The van der Waals surface area contributed by atoms with Gasteiger partial charge in [0, 0.05) is 0 Å². The molecule has 0 saturated heterocycles. The van der Waals surface area contributed by atoms with Gasteiger partial charge in [0.2, 0.25) is 0 Å². The van der Waals surface area contributed by atoms with Crippen molar-refractivity contribution >= 4 is 28.2 Å². The molecule has 0 heterocycles. The molecule has 0 aliphatic heterocycles. The first-order valence-corrected chi connectivity index (χ1v) is 12.6. The van der Waals surface area contributed by atoms with Crippen molar-refractivity contribution in [3.05, 3.63) is 71.8 Å². The van der Waals surface area contributed by atoms with Crippen molar-refractivity contribution < 1.29 is 37.0 Å². The van der Waals surface area contributed by atoms with Gasteiger partial charge in [0.1, 0.15) is 24.3 Å². The molecular formula is C25H32N2O8S. The van der Waals surface area contributed by atoms with E-state index in [2.05, 4.69) is 4.72 Å². The third-order valence-electron chi connectivity index (χ3n) is 4.81. The third kappa shape index (κ3) is 8.65. The van der Waals surface area contributed by atoms with Gasteiger partial charge in [0.25, 0.3) is 0 Å². The van der Waals surface area contributed by atoms with Crippen LogP contribution in [0.25, 0.3) is 0 Å². The third-order valence-corrected chi connectivity index (χ3v) is 6.37. The molecule has 11 heteroatoms. The summed E-state index contributed by atoms with van der Waals surface area (Å²) in [6, 6.07) is 14.4. The zero-order valence-corrected chi connectivity index (χ0v) is 21.8. The van der Waals surface area contributed by atoms with Crippen LogP contribution in [0.2, 0.25) is 0 Å². The maximum Gasteiger partial charge on any atom is 0.425 e. The predicted octanol–water partition coefficient (Wildman–Crippen LogP) is 2.97. The van der Waals surface area contributed by atoms with E-state index in [1.54, 1.807) is 81.4 Å². The number of methoxy groups -OCH3 is 1. The van der Waals surface area contributed by atoms with Gasteiger partial charge < -0.3 is 14.2 Å². The van der Waals surface area contributed by atoms with E-state index in [1.165, 1.54) is 6.92 Å². The van der Waals surface area contributed by atoms with Crippen LogP contribution in [-0.2, 0) is 47.0 Å². The number of nitrogens with one attached hydrogen (secondary N) is 1. The molecule has 196 valence electrons. The number of carbonyl (C=O) groups excluding carboxylic acids is 3. The van der Waals surface area contributed by atoms with E-state index < -0.39 is 45.9 Å². The molecule has 2 aromatic rings. The molecule has 0 aliphatic carbocycles. The molecule has 0 aliphatic rings. The van der Waals surface area contributed by atoms with E-state index in [0.29, 0.717) is 11.1 Å². The summed E-state index contributed by atoms with van der Waals surface area (Å²) in [6.07, 6.45) is -1.36. The maximum absolute atomic E-state index is 13.4. The number of ether oxygens (including phenoxy) is 3. The molecule has 10 nitrogen and oxygen atoms in total. The zero-order valence-electron chi connectivity index (χ0n) is 21.0. The largest absolute Gasteiger partial charge is 0.468 e. The minimum Gasteiger partial charge on any atom is -0.468 e. The van der Waals surface area contributed by atoms with E-state index in [1.807, 2.05) is 0 Å². The lowest BCUT2D eigenvalue weighted by Gasteiger charge is -2.31. The van der Waals surface area contributed by atoms with Crippen LogP contribution in [0.5, 0.6) is 0 Å². The van der Waals surface area contributed by atoms with Crippen molar-refractivity contribution in [2.75, 3.05) is 7.11 Å². The fourth-order valence-corrected chi connectivity index (χ4v) is 4.51. The van der Waals surface area contributed by atoms with Gasteiger partial charge in [-0.1, -0.05) is 60.7 Å². The van der Waals surface area contributed by atoms with Crippen molar-refractivity contribution in [3.63, 3.8) is 0 Å². The highest BCUT2D eigenvalue weighted by molar-refractivity contribution is 7.87. The van der Waals surface area contributed by atoms with Crippen molar-refractivity contribution in [3.8, 4) is 0 Å². The molecule has 1 N–H and O–H groups in total. The minimum atomic E-state index is -4.79. The van der Waals surface area contributed by atoms with Crippen molar-refractivity contribution in [1.82, 2.24) is 9.03 Å². The van der Waals surface area contributed by atoms with Gasteiger partial charge in [-0.15, -0.1) is 0 Å². The first kappa shape index (κ1) is 28.8. The topological polar surface area (TPSA) is 128 Å². The van der Waals surface area contributed by atoms with E-state index >= 15 is 0 Å². The number of nitrogens with zero attached hydrogens (tertiary/aromatic N) is 1. The van der Waals surface area contributed by atoms with Gasteiger partial charge in [-0.3, -0.25) is 4.79 Å². The normalized spacial score (nSPS) is 13.2. The van der Waals surface area contributed by atoms with E-state index in [9.17, 15) is 22.8 Å². The summed E-state index contributed by atoms with van der Waals surface area (Å²) in [5.41, 5.74) is 0.260. The van der Waals surface area contributed by atoms with E-state index in [4.69, 9.17) is 14.2 Å². The molecule has 0 unspecified atom stereocenters. The van der Waals surface area contributed by atoms with Gasteiger partial charge in [0.05, 0.1) is 7.11 Å². The Labute approximate surface area is 211 Å². The molecule has 1 amide bonds. The quantitative estimate of drug-likeness (QED) is 0.374. The Bertz CT molecular complexity index is 1130. The lowest BCUT2D eigenvalue weighted by atomic mass is 10.1. The SMILES string of the molecule is COC(=O)[C@H](Cc1ccccc1)NS(=O)(=O)N(C(=O)OC(C)(C)C)[C@H](C)C(=O)OCc1ccccc1. The maximum atomic E-state index is 13.4. The molecule has 2 rings (SSSR count). The average molecular weight is 521 g/mol. The molecule has 2 atom stereocenters. The Hall–Kier alpha value is -3.44. The summed E-state index contributed by atoms with van der Waals surface area (Å²) in [5, 5.41) is 0. The summed E-state index contributed by atoms with van der Waals surface area (Å²) in [4.78, 5) is 38.2. The van der Waals surface area contributed by atoms with Gasteiger partial charge in [-0.2, -0.15) is 17.4 Å². The molecule has 2 aromatic carbocycles. The predicted molar refractivity (Wildman–Crippen MR) is 132 cm³/mol. The Morgan fingerprint density at radius 2 is 1.44 bits per heavy atom. The van der Waals surface area contributed by atoms with Crippen LogP contribution in [0.15, 0.2) is 60.7 Å². The highest BCUT2D eigenvalue weighted by atomic mass is 32.2. The Balaban J connectivity index is 2.32. The fraction of sp³-hybridized carbons (Fsp3) is 0.400. The monoisotopic (exact) mass is 520 g/mol. The highest BCUT2D eigenvalue weighted by Gasteiger charge is 2.42. The van der Waals surface area contributed by atoms with Gasteiger partial charge in [0.15, 0.2) is 0 Å². The second-order valence-electron chi connectivity index (χ2n) is 8.93. The second kappa shape index (κ2) is 12.5. The van der Waals surface area contributed by atoms with Gasteiger partial charge in [-0.05, 0) is 45.2 Å². The summed E-state index contributed by atoms with van der Waals surface area (Å²) in [5.74, 6) is -1.85. The van der Waals surface area contributed by atoms with Crippen LogP contribution in [-0.4, -0.2) is 55.5 Å². The number of hydrogen-bond donors (Lipinski definition) is 1. The van der Waals surface area contributed by atoms with Crippen LogP contribution in [0, 0.1) is 0 Å². The second-order valence-corrected chi connectivity index (χ2v) is 10.5. The van der Waals surface area contributed by atoms with Crippen molar-refractivity contribution in [2.45, 2.75) is 58.4 Å². The van der Waals surface area contributed by atoms with Crippen LogP contribution in [0.1, 0.15) is 38.8 Å². The highest BCUT2D eigenvalue weighted by Crippen LogP contribution is 2.18. The van der Waals surface area contributed by atoms with Crippen molar-refractivity contribution in [1.29, 1.82) is 0 Å². The number of benzene rings is 2. The summed E-state index contributed by atoms with van der Waals surface area (Å²) >= 11 is 0. The Kier molecular flexibility index (Phi) is 10.00. The van der Waals surface area contributed by atoms with Crippen LogP contribution in [0.4, 0.5) is 4.79 Å². The molecular weight excluding hydrogens is 488 g/mol. The van der Waals surface area contributed by atoms with Crippen molar-refractivity contribution in [2.24, 2.45) is 0 Å². The molecule has 36 heavy (non-hydrogen) atoms.